The summed E-state index contributed by atoms with van der Waals surface area (Å²) in [4.78, 5) is 4.36. The molecule has 0 aliphatic carbocycles. The van der Waals surface area contributed by atoms with Gasteiger partial charge in [-0.05, 0) is 25.1 Å². The number of halogens is 3. The van der Waals surface area contributed by atoms with Crippen molar-refractivity contribution in [2.45, 2.75) is 24.8 Å². The van der Waals surface area contributed by atoms with E-state index in [2.05, 4.69) is 17.2 Å². The predicted molar refractivity (Wildman–Crippen MR) is 77.4 cm³/mol. The minimum atomic E-state index is -4.30. The van der Waals surface area contributed by atoms with Gasteiger partial charge in [0.2, 0.25) is 0 Å². The highest BCUT2D eigenvalue weighted by atomic mass is 32.2. The number of benzene rings is 1. The first-order valence-electron chi connectivity index (χ1n) is 6.60. The highest BCUT2D eigenvalue weighted by Crippen LogP contribution is 2.32. The van der Waals surface area contributed by atoms with E-state index < -0.39 is 11.7 Å². The molecule has 0 radical (unpaired) electrons. The number of thioether (sulfide) groups is 1. The highest BCUT2D eigenvalue weighted by molar-refractivity contribution is 8.15. The van der Waals surface area contributed by atoms with Gasteiger partial charge in [-0.2, -0.15) is 13.2 Å². The first kappa shape index (κ1) is 15.4. The molecule has 0 amide bonds. The quantitative estimate of drug-likeness (QED) is 0.841. The Morgan fingerprint density at radius 2 is 2.20 bits per heavy atom. The van der Waals surface area contributed by atoms with E-state index in [4.69, 9.17) is 0 Å². The van der Waals surface area contributed by atoms with Crippen LogP contribution >= 0.6 is 11.8 Å². The van der Waals surface area contributed by atoms with Crippen LogP contribution in [0.3, 0.4) is 0 Å². The van der Waals surface area contributed by atoms with Crippen LogP contribution < -0.4 is 5.32 Å². The maximum atomic E-state index is 12.7. The van der Waals surface area contributed by atoms with E-state index >= 15 is 0 Å². The molecule has 1 atom stereocenters. The molecule has 0 bridgehead atoms. The molecule has 2 nitrogen and oxygen atoms in total. The Hall–Kier alpha value is -1.01. The van der Waals surface area contributed by atoms with Crippen LogP contribution in [-0.2, 0) is 6.18 Å². The van der Waals surface area contributed by atoms with Crippen LogP contribution in [0.5, 0.6) is 0 Å². The second-order valence-corrected chi connectivity index (χ2v) is 5.96. The average molecular weight is 302 g/mol. The van der Waals surface area contributed by atoms with E-state index in [9.17, 15) is 13.2 Å². The maximum absolute atomic E-state index is 12.7. The van der Waals surface area contributed by atoms with Crippen molar-refractivity contribution in [3.8, 4) is 0 Å². The SMILES string of the molecule is CCCNCC1CN=C(c2cccc(C(F)(F)F)c2)S1. The van der Waals surface area contributed by atoms with Crippen LogP contribution in [0.25, 0.3) is 0 Å². The standard InChI is InChI=1S/C14H17F3N2S/c1-2-6-18-8-12-9-19-13(20-12)10-4-3-5-11(7-10)14(15,16)17/h3-5,7,12,18H,2,6,8-9H2,1H3. The third kappa shape index (κ3) is 3.99. The Morgan fingerprint density at radius 1 is 1.40 bits per heavy atom. The third-order valence-corrected chi connectivity index (χ3v) is 4.19. The summed E-state index contributed by atoms with van der Waals surface area (Å²) in [6.45, 7) is 4.55. The highest BCUT2D eigenvalue weighted by Gasteiger charge is 2.31. The summed E-state index contributed by atoms with van der Waals surface area (Å²) in [7, 11) is 0. The predicted octanol–water partition coefficient (Wildman–Crippen LogP) is 3.57. The van der Waals surface area contributed by atoms with E-state index in [1.54, 1.807) is 17.8 Å². The van der Waals surface area contributed by atoms with Crippen molar-refractivity contribution in [3.05, 3.63) is 35.4 Å². The lowest BCUT2D eigenvalue weighted by atomic mass is 10.1. The molecule has 6 heteroatoms. The monoisotopic (exact) mass is 302 g/mol. The van der Waals surface area contributed by atoms with Gasteiger partial charge in [0.05, 0.1) is 17.2 Å². The molecule has 1 aliphatic heterocycles. The summed E-state index contributed by atoms with van der Waals surface area (Å²) in [6.07, 6.45) is -3.24. The zero-order chi connectivity index (χ0) is 14.6. The van der Waals surface area contributed by atoms with E-state index in [1.807, 2.05) is 0 Å². The number of nitrogens with zero attached hydrogens (tertiary/aromatic N) is 1. The Balaban J connectivity index is 2.00. The zero-order valence-corrected chi connectivity index (χ0v) is 12.0. The summed E-state index contributed by atoms with van der Waals surface area (Å²) < 4.78 is 38.0. The molecule has 0 fully saturated rings. The Bertz CT molecular complexity index is 486. The Labute approximate surface area is 120 Å². The maximum Gasteiger partial charge on any atom is 0.416 e. The molecule has 1 aliphatic rings. The van der Waals surface area contributed by atoms with E-state index in [-0.39, 0.29) is 0 Å². The van der Waals surface area contributed by atoms with Gasteiger partial charge in [0.1, 0.15) is 0 Å². The minimum absolute atomic E-state index is 0.311. The van der Waals surface area contributed by atoms with E-state index in [1.165, 1.54) is 12.1 Å². The summed E-state index contributed by atoms with van der Waals surface area (Å²) in [5.74, 6) is 0. The first-order chi connectivity index (χ1) is 9.50. The van der Waals surface area contributed by atoms with Gasteiger partial charge in [0, 0.05) is 17.4 Å². The normalized spacial score (nSPS) is 19.2. The van der Waals surface area contributed by atoms with Crippen LogP contribution in [0.15, 0.2) is 29.3 Å². The van der Waals surface area contributed by atoms with Crippen molar-refractivity contribution in [1.82, 2.24) is 5.32 Å². The van der Waals surface area contributed by atoms with Gasteiger partial charge in [-0.1, -0.05) is 30.8 Å². The van der Waals surface area contributed by atoms with Gasteiger partial charge in [-0.25, -0.2) is 0 Å². The van der Waals surface area contributed by atoms with Gasteiger partial charge in [0.15, 0.2) is 0 Å². The van der Waals surface area contributed by atoms with Crippen molar-refractivity contribution < 1.29 is 13.2 Å². The molecule has 1 N–H and O–H groups in total. The largest absolute Gasteiger partial charge is 0.416 e. The Morgan fingerprint density at radius 3 is 2.90 bits per heavy atom. The molecular formula is C14H17F3N2S. The molecule has 0 saturated heterocycles. The van der Waals surface area contributed by atoms with Gasteiger partial charge >= 0.3 is 6.18 Å². The second-order valence-electron chi connectivity index (χ2n) is 4.67. The van der Waals surface area contributed by atoms with Crippen molar-refractivity contribution in [2.75, 3.05) is 19.6 Å². The lowest BCUT2D eigenvalue weighted by Gasteiger charge is -2.10. The summed E-state index contributed by atoms with van der Waals surface area (Å²) in [5, 5.41) is 4.33. The molecule has 1 heterocycles. The fraction of sp³-hybridized carbons (Fsp3) is 0.500. The topological polar surface area (TPSA) is 24.4 Å². The number of alkyl halides is 3. The molecule has 0 saturated carbocycles. The summed E-state index contributed by atoms with van der Waals surface area (Å²) in [6, 6.07) is 5.38. The lowest BCUT2D eigenvalue weighted by Crippen LogP contribution is -2.26. The molecule has 110 valence electrons. The minimum Gasteiger partial charge on any atom is -0.316 e. The van der Waals surface area contributed by atoms with Crippen LogP contribution in [-0.4, -0.2) is 29.9 Å². The first-order valence-corrected chi connectivity index (χ1v) is 7.48. The van der Waals surface area contributed by atoms with Crippen LogP contribution in [0.1, 0.15) is 24.5 Å². The fourth-order valence-corrected chi connectivity index (χ4v) is 3.03. The van der Waals surface area contributed by atoms with Crippen molar-refractivity contribution in [2.24, 2.45) is 4.99 Å². The summed E-state index contributed by atoms with van der Waals surface area (Å²) in [5.41, 5.74) is -0.0614. The molecule has 0 aromatic heterocycles. The molecule has 20 heavy (non-hydrogen) atoms. The fourth-order valence-electron chi connectivity index (χ4n) is 1.95. The van der Waals surface area contributed by atoms with E-state index in [0.29, 0.717) is 22.4 Å². The van der Waals surface area contributed by atoms with Gasteiger partial charge in [0.25, 0.3) is 0 Å². The number of hydrogen-bond acceptors (Lipinski definition) is 3. The summed E-state index contributed by atoms with van der Waals surface area (Å²) >= 11 is 1.55. The van der Waals surface area contributed by atoms with Crippen LogP contribution in [0.4, 0.5) is 13.2 Å². The number of hydrogen-bond donors (Lipinski definition) is 1. The van der Waals surface area contributed by atoms with Crippen LogP contribution in [0.2, 0.25) is 0 Å². The number of aliphatic imine (C=N–C) groups is 1. The molecule has 1 aromatic carbocycles. The van der Waals surface area contributed by atoms with Crippen LogP contribution in [0, 0.1) is 0 Å². The second kappa shape index (κ2) is 6.63. The third-order valence-electron chi connectivity index (χ3n) is 2.95. The average Bonchev–Trinajstić information content (AvgIpc) is 2.87. The lowest BCUT2D eigenvalue weighted by molar-refractivity contribution is -0.137. The van der Waals surface area contributed by atoms with Crippen molar-refractivity contribution in [3.63, 3.8) is 0 Å². The number of nitrogens with one attached hydrogen (secondary N) is 1. The van der Waals surface area contributed by atoms with E-state index in [0.717, 1.165) is 25.6 Å². The van der Waals surface area contributed by atoms with Gasteiger partial charge < -0.3 is 5.32 Å². The number of rotatable bonds is 5. The molecule has 2 rings (SSSR count). The Kier molecular flexibility index (Phi) is 5.10. The van der Waals surface area contributed by atoms with Gasteiger partial charge in [-0.15, -0.1) is 0 Å². The zero-order valence-electron chi connectivity index (χ0n) is 11.2. The van der Waals surface area contributed by atoms with Crippen molar-refractivity contribution >= 4 is 16.8 Å². The molecule has 1 unspecified atom stereocenters. The molecule has 0 spiro atoms. The van der Waals surface area contributed by atoms with Crippen molar-refractivity contribution in [1.29, 1.82) is 0 Å². The molecular weight excluding hydrogens is 285 g/mol. The molecule has 1 aromatic rings. The van der Waals surface area contributed by atoms with Gasteiger partial charge in [-0.3, -0.25) is 4.99 Å². The smallest absolute Gasteiger partial charge is 0.316 e.